The molecule has 9 heteroatoms. The van der Waals surface area contributed by atoms with Gasteiger partial charge in [-0.25, -0.2) is 4.31 Å². The average molecular weight is 407 g/mol. The lowest BCUT2D eigenvalue weighted by atomic mass is 9.95. The number of nitrogens with zero attached hydrogens (tertiary/aromatic N) is 2. The Morgan fingerprint density at radius 3 is 2.54 bits per heavy atom. The summed E-state index contributed by atoms with van der Waals surface area (Å²) in [5.41, 5.74) is 0.588. The Morgan fingerprint density at radius 2 is 1.89 bits per heavy atom. The van der Waals surface area contributed by atoms with E-state index in [-0.39, 0.29) is 17.5 Å². The van der Waals surface area contributed by atoms with Gasteiger partial charge in [0.1, 0.15) is 17.2 Å². The van der Waals surface area contributed by atoms with E-state index in [1.54, 1.807) is 18.2 Å². The summed E-state index contributed by atoms with van der Waals surface area (Å²) < 4.78 is 40.5. The molecule has 0 aromatic heterocycles. The lowest BCUT2D eigenvalue weighted by molar-refractivity contribution is -0.119. The first kappa shape index (κ1) is 20.2. The normalized spacial score (nSPS) is 19.5. The number of hydrogen-bond acceptors (Lipinski definition) is 5. The van der Waals surface area contributed by atoms with Crippen LogP contribution in [0.3, 0.4) is 0 Å². The maximum atomic E-state index is 12.8. The molecule has 1 fully saturated rings. The van der Waals surface area contributed by atoms with E-state index < -0.39 is 16.1 Å². The highest BCUT2D eigenvalue weighted by atomic mass is 32.2. The Labute approximate surface area is 165 Å². The van der Waals surface area contributed by atoms with Crippen LogP contribution < -0.4 is 14.8 Å². The van der Waals surface area contributed by atoms with E-state index in [4.69, 9.17) is 9.47 Å². The summed E-state index contributed by atoms with van der Waals surface area (Å²) in [6, 6.07) is 5.06. The number of carbonyl (C=O) groups is 1. The highest BCUT2D eigenvalue weighted by molar-refractivity contribution is 7.88. The van der Waals surface area contributed by atoms with Gasteiger partial charge in [0.25, 0.3) is 5.91 Å². The molecule has 0 unspecified atom stereocenters. The summed E-state index contributed by atoms with van der Waals surface area (Å²) in [4.78, 5) is 12.8. The molecule has 1 aromatic rings. The minimum atomic E-state index is -4.04. The Balaban J connectivity index is 1.98. The quantitative estimate of drug-likeness (QED) is 0.805. The number of rotatable bonds is 5. The van der Waals surface area contributed by atoms with Crippen molar-refractivity contribution in [2.45, 2.75) is 38.1 Å². The number of carbonyl (C=O) groups excluding carboxylic acids is 1. The van der Waals surface area contributed by atoms with Crippen LogP contribution in [0.25, 0.3) is 0 Å². The Kier molecular flexibility index (Phi) is 5.93. The first-order valence-electron chi connectivity index (χ1n) is 9.19. The van der Waals surface area contributed by atoms with Gasteiger partial charge in [-0.05, 0) is 37.1 Å². The molecule has 1 N–H and O–H groups in total. The predicted molar refractivity (Wildman–Crippen MR) is 106 cm³/mol. The monoisotopic (exact) mass is 407 g/mol. The van der Waals surface area contributed by atoms with Gasteiger partial charge in [0.05, 0.1) is 19.9 Å². The Morgan fingerprint density at radius 1 is 1.18 bits per heavy atom. The third kappa shape index (κ3) is 4.14. The van der Waals surface area contributed by atoms with Gasteiger partial charge < -0.3 is 14.8 Å². The van der Waals surface area contributed by atoms with Gasteiger partial charge in [-0.2, -0.15) is 8.42 Å². The molecule has 1 aliphatic carbocycles. The van der Waals surface area contributed by atoms with Crippen molar-refractivity contribution in [2.24, 2.45) is 4.40 Å². The van der Waals surface area contributed by atoms with Crippen LogP contribution in [0.4, 0.5) is 0 Å². The van der Waals surface area contributed by atoms with Crippen molar-refractivity contribution in [3.63, 3.8) is 0 Å². The third-order valence-electron chi connectivity index (χ3n) is 5.03. The molecule has 1 amide bonds. The number of likely N-dealkylation sites (N-methyl/N-ethyl adjacent to an activating group) is 1. The van der Waals surface area contributed by atoms with Crippen molar-refractivity contribution in [3.8, 4) is 11.5 Å². The molecule has 0 saturated heterocycles. The smallest absolute Gasteiger partial charge is 0.345 e. The molecule has 1 aromatic carbocycles. The predicted octanol–water partition coefficient (Wildman–Crippen LogP) is 2.02. The summed E-state index contributed by atoms with van der Waals surface area (Å²) >= 11 is 0. The second-order valence-corrected chi connectivity index (χ2v) is 8.45. The van der Waals surface area contributed by atoms with E-state index >= 15 is 0 Å². The van der Waals surface area contributed by atoms with Crippen LogP contribution in [0.1, 0.15) is 37.7 Å². The van der Waals surface area contributed by atoms with Crippen molar-refractivity contribution < 1.29 is 22.7 Å². The fourth-order valence-corrected chi connectivity index (χ4v) is 4.32. The standard InChI is InChI=1S/C19H25N3O5S/c1-22-17(19(23)20-13-7-5-4-6-8-13)12-16(21-28(22,24)25)15-11-14(26-2)9-10-18(15)27-3/h9-13H,4-8H2,1-3H3,(H,20,23). The van der Waals surface area contributed by atoms with E-state index in [0.717, 1.165) is 36.4 Å². The number of allylic oxidation sites excluding steroid dienone is 1. The van der Waals surface area contributed by atoms with Crippen molar-refractivity contribution >= 4 is 21.8 Å². The minimum absolute atomic E-state index is 0.0282. The third-order valence-corrected chi connectivity index (χ3v) is 6.34. The zero-order chi connectivity index (χ0) is 20.3. The molecule has 8 nitrogen and oxygen atoms in total. The van der Waals surface area contributed by atoms with Crippen molar-refractivity contribution in [1.82, 2.24) is 9.62 Å². The van der Waals surface area contributed by atoms with Gasteiger partial charge in [0.15, 0.2) is 0 Å². The number of benzene rings is 1. The Hall–Kier alpha value is -2.55. The first-order chi connectivity index (χ1) is 13.4. The highest BCUT2D eigenvalue weighted by Crippen LogP contribution is 2.29. The topological polar surface area (TPSA) is 97.3 Å². The van der Waals surface area contributed by atoms with E-state index in [9.17, 15) is 13.2 Å². The number of methoxy groups -OCH3 is 2. The second kappa shape index (κ2) is 8.22. The summed E-state index contributed by atoms with van der Waals surface area (Å²) in [6.45, 7) is 0. The van der Waals surface area contributed by atoms with E-state index in [1.807, 2.05) is 0 Å². The van der Waals surface area contributed by atoms with Gasteiger partial charge in [0.2, 0.25) is 0 Å². The van der Waals surface area contributed by atoms with Crippen LogP contribution in [0.15, 0.2) is 34.4 Å². The molecule has 2 aliphatic rings. The maximum absolute atomic E-state index is 12.8. The summed E-state index contributed by atoms with van der Waals surface area (Å²) in [7, 11) is 0.275. The molecular formula is C19H25N3O5S. The van der Waals surface area contributed by atoms with Gasteiger partial charge in [-0.1, -0.05) is 19.3 Å². The molecular weight excluding hydrogens is 382 g/mol. The summed E-state index contributed by atoms with van der Waals surface area (Å²) in [6.07, 6.45) is 6.56. The van der Waals surface area contributed by atoms with Crippen molar-refractivity contribution in [1.29, 1.82) is 0 Å². The summed E-state index contributed by atoms with van der Waals surface area (Å²) in [5.74, 6) is 0.534. The fourth-order valence-electron chi connectivity index (χ4n) is 3.41. The van der Waals surface area contributed by atoms with Crippen molar-refractivity contribution in [2.75, 3.05) is 21.3 Å². The lowest BCUT2D eigenvalue weighted by Crippen LogP contribution is -2.43. The molecule has 0 atom stereocenters. The lowest BCUT2D eigenvalue weighted by Gasteiger charge is -2.27. The molecule has 0 bridgehead atoms. The zero-order valence-electron chi connectivity index (χ0n) is 16.3. The Bertz CT molecular complexity index is 917. The zero-order valence-corrected chi connectivity index (χ0v) is 17.1. The maximum Gasteiger partial charge on any atom is 0.345 e. The number of nitrogens with one attached hydrogen (secondary N) is 1. The van der Waals surface area contributed by atoms with Crippen LogP contribution in [0, 0.1) is 0 Å². The molecule has 152 valence electrons. The van der Waals surface area contributed by atoms with Crippen LogP contribution >= 0.6 is 0 Å². The SMILES string of the molecule is COc1ccc(OC)c(C2=NS(=O)(=O)N(C)C(C(=O)NC3CCCCC3)=C2)c1. The fraction of sp³-hybridized carbons (Fsp3) is 0.474. The van der Waals surface area contributed by atoms with Gasteiger partial charge in [-0.3, -0.25) is 4.79 Å². The second-order valence-electron chi connectivity index (χ2n) is 6.83. The van der Waals surface area contributed by atoms with E-state index in [1.165, 1.54) is 27.3 Å². The summed E-state index contributed by atoms with van der Waals surface area (Å²) in [5, 5.41) is 2.96. The molecule has 0 spiro atoms. The van der Waals surface area contributed by atoms with Gasteiger partial charge >= 0.3 is 10.2 Å². The first-order valence-corrected chi connectivity index (χ1v) is 10.6. The average Bonchev–Trinajstić information content (AvgIpc) is 2.70. The van der Waals surface area contributed by atoms with Crippen LogP contribution in [-0.4, -0.2) is 51.7 Å². The molecule has 1 saturated carbocycles. The number of amides is 1. The van der Waals surface area contributed by atoms with E-state index in [2.05, 4.69) is 9.71 Å². The molecule has 3 rings (SSSR count). The number of ether oxygens (including phenoxy) is 2. The molecule has 1 heterocycles. The molecule has 28 heavy (non-hydrogen) atoms. The van der Waals surface area contributed by atoms with Gasteiger partial charge in [-0.15, -0.1) is 4.40 Å². The van der Waals surface area contributed by atoms with E-state index in [0.29, 0.717) is 17.1 Å². The highest BCUT2D eigenvalue weighted by Gasteiger charge is 2.32. The molecule has 0 radical (unpaired) electrons. The largest absolute Gasteiger partial charge is 0.497 e. The van der Waals surface area contributed by atoms with Gasteiger partial charge in [0, 0.05) is 18.7 Å². The number of hydrogen-bond donors (Lipinski definition) is 1. The van der Waals surface area contributed by atoms with Crippen LogP contribution in [-0.2, 0) is 15.0 Å². The minimum Gasteiger partial charge on any atom is -0.497 e. The van der Waals surface area contributed by atoms with Crippen LogP contribution in [0.2, 0.25) is 0 Å². The van der Waals surface area contributed by atoms with Crippen molar-refractivity contribution in [3.05, 3.63) is 35.5 Å². The van der Waals surface area contributed by atoms with Crippen LogP contribution in [0.5, 0.6) is 11.5 Å². The molecule has 1 aliphatic heterocycles.